The van der Waals surface area contributed by atoms with E-state index in [1.165, 1.54) is 0 Å². The number of rotatable bonds is 3. The van der Waals surface area contributed by atoms with E-state index in [2.05, 4.69) is 9.47 Å². The molecule has 0 aromatic rings. The fraction of sp³-hybridized carbons (Fsp3) is 1.00. The van der Waals surface area contributed by atoms with E-state index in [0.717, 1.165) is 0 Å². The van der Waals surface area contributed by atoms with Gasteiger partial charge in [0.1, 0.15) is 17.9 Å². The maximum absolute atomic E-state index is 10.9. The summed E-state index contributed by atoms with van der Waals surface area (Å²) in [5.74, 6) is 0. The highest BCUT2D eigenvalue weighted by Crippen LogP contribution is 2.33. The van der Waals surface area contributed by atoms with Crippen LogP contribution >= 0.6 is 27.4 Å². The van der Waals surface area contributed by atoms with Crippen LogP contribution in [0.2, 0.25) is 0 Å². The summed E-state index contributed by atoms with van der Waals surface area (Å²) < 4.78 is 26.1. The van der Waals surface area contributed by atoms with E-state index in [0.29, 0.717) is 0 Å². The van der Waals surface area contributed by atoms with Gasteiger partial charge in [-0.25, -0.2) is 0 Å². The molecule has 0 bridgehead atoms. The van der Waals surface area contributed by atoms with Crippen LogP contribution in [0.15, 0.2) is 0 Å². The number of hydrogen-bond donors (Lipinski definition) is 1. The van der Waals surface area contributed by atoms with Gasteiger partial charge in [-0.3, -0.25) is 4.57 Å². The highest BCUT2D eigenvalue weighted by molar-refractivity contribution is 7.25. The van der Waals surface area contributed by atoms with Gasteiger partial charge in [-0.1, -0.05) is 0 Å². The van der Waals surface area contributed by atoms with E-state index in [4.69, 9.17) is 13.8 Å². The van der Waals surface area contributed by atoms with E-state index < -0.39 is 18.1 Å². The van der Waals surface area contributed by atoms with Crippen molar-refractivity contribution in [2.45, 2.75) is 37.2 Å². The summed E-state index contributed by atoms with van der Waals surface area (Å²) in [6, 6.07) is 0. The molecule has 0 aliphatic carbocycles. The molecule has 1 N–H and O–H groups in total. The first-order valence-electron chi connectivity index (χ1n) is 4.02. The van der Waals surface area contributed by atoms with Gasteiger partial charge < -0.3 is 18.9 Å². The lowest BCUT2D eigenvalue weighted by Crippen LogP contribution is -2.54. The largest absolute Gasteiger partial charge is 0.366 e. The van der Waals surface area contributed by atoms with Crippen LogP contribution in [0.5, 0.6) is 0 Å². The molecule has 14 heavy (non-hydrogen) atoms. The fourth-order valence-electron chi connectivity index (χ4n) is 1.47. The molecule has 1 heterocycles. The van der Waals surface area contributed by atoms with E-state index in [9.17, 15) is 9.67 Å². The molecule has 7 unspecified atom stereocenters. The fourth-order valence-corrected chi connectivity index (χ4v) is 3.20. The quantitative estimate of drug-likeness (QED) is 0.756. The Morgan fingerprint density at radius 1 is 1.36 bits per heavy atom. The van der Waals surface area contributed by atoms with Crippen LogP contribution in [-0.4, -0.2) is 35.4 Å². The Kier molecular flexibility index (Phi) is 5.30. The van der Waals surface area contributed by atoms with Crippen LogP contribution in [0.3, 0.4) is 0 Å². The second-order valence-electron chi connectivity index (χ2n) is 3.03. The zero-order valence-corrected chi connectivity index (χ0v) is 10.8. The number of aliphatic hydroxyl groups is 1. The first-order valence-corrected chi connectivity index (χ1v) is 5.85. The molecule has 1 aliphatic heterocycles. The zero-order valence-electron chi connectivity index (χ0n) is 7.57. The lowest BCUT2D eigenvalue weighted by Gasteiger charge is -2.39. The van der Waals surface area contributed by atoms with Crippen molar-refractivity contribution in [3.63, 3.8) is 0 Å². The smallest absolute Gasteiger partial charge is 0.183 e. The predicted octanol–water partition coefficient (Wildman–Crippen LogP) is 0.734. The molecule has 0 radical (unpaired) electrons. The molecule has 0 amide bonds. The molecule has 82 valence electrons. The minimum absolute atomic E-state index is 0.131. The monoisotopic (exact) mass is 258 g/mol. The average Bonchev–Trinajstić information content (AvgIpc) is 2.16. The highest BCUT2D eigenvalue weighted by atomic mass is 31.1. The second kappa shape index (κ2) is 5.77. The Morgan fingerprint density at radius 3 is 2.36 bits per heavy atom. The van der Waals surface area contributed by atoms with Crippen molar-refractivity contribution in [3.8, 4) is 0 Å². The summed E-state index contributed by atoms with van der Waals surface area (Å²) in [7, 11) is 4.00. The topological polar surface area (TPSA) is 65.0 Å². The van der Waals surface area contributed by atoms with E-state index in [-0.39, 0.29) is 20.7 Å². The minimum atomic E-state index is -1.08. The molecular formula is C6H13O5P3. The Morgan fingerprint density at radius 2 is 1.93 bits per heavy atom. The standard InChI is InChI=1S/C6H13O5P3/c1-2-3(10-12)5(14-8)4(11-13)6(7)9-2/h2-7H,12-13H2,1H3. The molecule has 0 aromatic heterocycles. The molecule has 7 atom stereocenters. The third-order valence-electron chi connectivity index (χ3n) is 2.21. The maximum Gasteiger partial charge on any atom is 0.183 e. The van der Waals surface area contributed by atoms with E-state index in [1.807, 2.05) is 9.47 Å². The summed E-state index contributed by atoms with van der Waals surface area (Å²) >= 11 is 0. The van der Waals surface area contributed by atoms with Crippen molar-refractivity contribution < 1.29 is 23.5 Å². The van der Waals surface area contributed by atoms with Gasteiger partial charge in [0.2, 0.25) is 0 Å². The lowest BCUT2D eigenvalue weighted by molar-refractivity contribution is -0.223. The molecular weight excluding hydrogens is 245 g/mol. The Bertz CT molecular complexity index is 188. The van der Waals surface area contributed by atoms with Gasteiger partial charge in [0.05, 0.1) is 6.10 Å². The van der Waals surface area contributed by atoms with Crippen LogP contribution in [0.4, 0.5) is 0 Å². The third kappa shape index (κ3) is 2.48. The van der Waals surface area contributed by atoms with Gasteiger partial charge in [-0.05, 0) is 6.92 Å². The summed E-state index contributed by atoms with van der Waals surface area (Å²) in [5, 5.41) is 9.49. The molecule has 1 aliphatic rings. The summed E-state index contributed by atoms with van der Waals surface area (Å²) in [5.41, 5.74) is -0.441. The molecule has 0 spiro atoms. The van der Waals surface area contributed by atoms with Gasteiger partial charge >= 0.3 is 0 Å². The van der Waals surface area contributed by atoms with Crippen LogP contribution in [0, 0.1) is 0 Å². The summed E-state index contributed by atoms with van der Waals surface area (Å²) in [4.78, 5) is 0. The third-order valence-corrected chi connectivity index (χ3v) is 3.67. The van der Waals surface area contributed by atoms with Gasteiger partial charge in [0.15, 0.2) is 14.8 Å². The van der Waals surface area contributed by atoms with E-state index >= 15 is 0 Å². The SMILES string of the molecule is CC1OC(O)C(OP)C(P=O)C1OP. The first-order chi connectivity index (χ1) is 6.65. The second-order valence-corrected chi connectivity index (χ2v) is 4.38. The molecule has 0 saturated carbocycles. The van der Waals surface area contributed by atoms with Crippen molar-refractivity contribution in [2.24, 2.45) is 0 Å². The van der Waals surface area contributed by atoms with Crippen LogP contribution < -0.4 is 0 Å². The van der Waals surface area contributed by atoms with Crippen molar-refractivity contribution in [2.75, 3.05) is 0 Å². The van der Waals surface area contributed by atoms with Crippen molar-refractivity contribution in [3.05, 3.63) is 0 Å². The first kappa shape index (κ1) is 12.9. The van der Waals surface area contributed by atoms with Gasteiger partial charge in [0.25, 0.3) is 0 Å². The Hall–Kier alpha value is 0.800. The van der Waals surface area contributed by atoms with Crippen LogP contribution in [-0.2, 0) is 18.3 Å². The molecule has 0 aromatic carbocycles. The van der Waals surface area contributed by atoms with Crippen molar-refractivity contribution >= 4 is 27.4 Å². The average molecular weight is 258 g/mol. The van der Waals surface area contributed by atoms with Crippen molar-refractivity contribution in [1.82, 2.24) is 0 Å². The van der Waals surface area contributed by atoms with E-state index in [1.54, 1.807) is 6.92 Å². The van der Waals surface area contributed by atoms with Crippen molar-refractivity contribution in [1.29, 1.82) is 0 Å². The molecule has 5 nitrogen and oxygen atoms in total. The molecule has 1 fully saturated rings. The highest BCUT2D eigenvalue weighted by Gasteiger charge is 2.45. The zero-order chi connectivity index (χ0) is 10.7. The number of hydrogen-bond acceptors (Lipinski definition) is 5. The molecule has 1 rings (SSSR count). The summed E-state index contributed by atoms with van der Waals surface area (Å²) in [6.07, 6.45) is -2.45. The normalized spacial score (nSPS) is 44.1. The number of aliphatic hydroxyl groups excluding tert-OH is 1. The number of ether oxygens (including phenoxy) is 1. The van der Waals surface area contributed by atoms with Crippen LogP contribution in [0.1, 0.15) is 6.92 Å². The summed E-state index contributed by atoms with van der Waals surface area (Å²) in [6.45, 7) is 1.75. The molecule has 1 saturated heterocycles. The van der Waals surface area contributed by atoms with Crippen LogP contribution in [0.25, 0.3) is 0 Å². The molecule has 8 heteroatoms. The lowest BCUT2D eigenvalue weighted by atomic mass is 10.0. The Balaban J connectivity index is 2.81. The van der Waals surface area contributed by atoms with Gasteiger partial charge in [-0.2, -0.15) is 0 Å². The predicted molar refractivity (Wildman–Crippen MR) is 57.1 cm³/mol. The maximum atomic E-state index is 10.9. The Labute approximate surface area is 88.6 Å². The van der Waals surface area contributed by atoms with Gasteiger partial charge in [-0.15, -0.1) is 0 Å². The minimum Gasteiger partial charge on any atom is -0.366 e. The van der Waals surface area contributed by atoms with Gasteiger partial charge in [0, 0.05) is 18.9 Å².